The van der Waals surface area contributed by atoms with Crippen molar-refractivity contribution in [2.24, 2.45) is 0 Å². The lowest BCUT2D eigenvalue weighted by Gasteiger charge is -2.11. The third kappa shape index (κ3) is 5.12. The van der Waals surface area contributed by atoms with Crippen molar-refractivity contribution in [2.45, 2.75) is 18.0 Å². The predicted molar refractivity (Wildman–Crippen MR) is 89.3 cm³/mol. The van der Waals surface area contributed by atoms with Gasteiger partial charge >= 0.3 is 12.3 Å². The molecule has 0 aliphatic rings. The molecule has 0 aromatic heterocycles. The molecule has 26 heavy (non-hydrogen) atoms. The van der Waals surface area contributed by atoms with Crippen LogP contribution in [-0.4, -0.2) is 21.1 Å². The zero-order valence-electron chi connectivity index (χ0n) is 13.5. The summed E-state index contributed by atoms with van der Waals surface area (Å²) in [4.78, 5) is 10.8. The van der Waals surface area contributed by atoms with E-state index in [0.717, 1.165) is 18.2 Å². The number of alkyl halides is 3. The van der Waals surface area contributed by atoms with Crippen LogP contribution >= 0.6 is 0 Å². The summed E-state index contributed by atoms with van der Waals surface area (Å²) >= 11 is 0. The maximum Gasteiger partial charge on any atom is 0.416 e. The Balaban J connectivity index is 2.16. The van der Waals surface area contributed by atoms with Crippen molar-refractivity contribution in [1.82, 2.24) is 0 Å². The number of benzene rings is 2. The SMILES string of the molecule is CCOC(=O)Nc1ccc(NS(=O)(=O)c2cccc(C(F)(F)F)c2)cc1. The number of ether oxygens (including phenoxy) is 1. The Morgan fingerprint density at radius 3 is 2.27 bits per heavy atom. The van der Waals surface area contributed by atoms with Gasteiger partial charge in [-0.25, -0.2) is 13.2 Å². The van der Waals surface area contributed by atoms with Gasteiger partial charge in [0.05, 0.1) is 17.1 Å². The van der Waals surface area contributed by atoms with Crippen LogP contribution < -0.4 is 10.0 Å². The highest BCUT2D eigenvalue weighted by Crippen LogP contribution is 2.31. The first-order valence-corrected chi connectivity index (χ1v) is 8.84. The normalized spacial score (nSPS) is 11.7. The van der Waals surface area contributed by atoms with Crippen molar-refractivity contribution < 1.29 is 31.1 Å². The van der Waals surface area contributed by atoms with Crippen LogP contribution in [0.1, 0.15) is 12.5 Å². The number of amides is 1. The molecule has 2 rings (SSSR count). The fourth-order valence-corrected chi connectivity index (χ4v) is 3.06. The largest absolute Gasteiger partial charge is 0.450 e. The highest BCUT2D eigenvalue weighted by molar-refractivity contribution is 7.92. The number of sulfonamides is 1. The minimum Gasteiger partial charge on any atom is -0.450 e. The lowest BCUT2D eigenvalue weighted by Crippen LogP contribution is -2.15. The van der Waals surface area contributed by atoms with Gasteiger partial charge in [-0.3, -0.25) is 10.0 Å². The maximum atomic E-state index is 12.7. The second-order valence-corrected chi connectivity index (χ2v) is 6.74. The van der Waals surface area contributed by atoms with E-state index in [9.17, 15) is 26.4 Å². The number of hydrogen-bond donors (Lipinski definition) is 2. The maximum absolute atomic E-state index is 12.7. The Morgan fingerprint density at radius 2 is 1.69 bits per heavy atom. The van der Waals surface area contributed by atoms with E-state index in [0.29, 0.717) is 11.8 Å². The predicted octanol–water partition coefficient (Wildman–Crippen LogP) is 4.07. The Hall–Kier alpha value is -2.75. The number of carbonyl (C=O) groups excluding carboxylic acids is 1. The van der Waals surface area contributed by atoms with Crippen molar-refractivity contribution in [3.63, 3.8) is 0 Å². The van der Waals surface area contributed by atoms with Crippen LogP contribution in [-0.2, 0) is 20.9 Å². The van der Waals surface area contributed by atoms with E-state index in [1.165, 1.54) is 24.3 Å². The summed E-state index contributed by atoms with van der Waals surface area (Å²) in [5.41, 5.74) is -0.573. The minimum absolute atomic E-state index is 0.122. The Morgan fingerprint density at radius 1 is 1.08 bits per heavy atom. The van der Waals surface area contributed by atoms with Gasteiger partial charge in [-0.1, -0.05) is 6.07 Å². The van der Waals surface area contributed by atoms with Crippen molar-refractivity contribution >= 4 is 27.5 Å². The van der Waals surface area contributed by atoms with Gasteiger partial charge in [-0.05, 0) is 49.4 Å². The summed E-state index contributed by atoms with van der Waals surface area (Å²) in [5, 5.41) is 2.43. The molecule has 0 saturated heterocycles. The third-order valence-electron chi connectivity index (χ3n) is 3.13. The molecular weight excluding hydrogens is 373 g/mol. The average molecular weight is 388 g/mol. The minimum atomic E-state index is -4.65. The van der Waals surface area contributed by atoms with Crippen LogP contribution in [0.3, 0.4) is 0 Å². The molecule has 0 spiro atoms. The van der Waals surface area contributed by atoms with Crippen LogP contribution in [0, 0.1) is 0 Å². The first-order chi connectivity index (χ1) is 12.1. The van der Waals surface area contributed by atoms with Crippen LogP contribution in [0.5, 0.6) is 0 Å². The Kier molecular flexibility index (Phi) is 5.76. The molecule has 140 valence electrons. The van der Waals surface area contributed by atoms with Gasteiger partial charge in [-0.15, -0.1) is 0 Å². The lowest BCUT2D eigenvalue weighted by molar-refractivity contribution is -0.137. The Labute approximate surface area is 148 Å². The van der Waals surface area contributed by atoms with E-state index in [2.05, 4.69) is 10.0 Å². The molecule has 0 aliphatic carbocycles. The molecule has 0 unspecified atom stereocenters. The molecule has 0 heterocycles. The zero-order chi connectivity index (χ0) is 19.4. The standard InChI is InChI=1S/C16H15F3N2O4S/c1-2-25-15(22)20-12-6-8-13(9-7-12)21-26(23,24)14-5-3-4-11(10-14)16(17,18)19/h3-10,21H,2H2,1H3,(H,20,22). The quantitative estimate of drug-likeness (QED) is 0.809. The fraction of sp³-hybridized carbons (Fsp3) is 0.188. The molecule has 2 aromatic rings. The topological polar surface area (TPSA) is 84.5 Å². The third-order valence-corrected chi connectivity index (χ3v) is 4.51. The van der Waals surface area contributed by atoms with Crippen LogP contribution in [0.25, 0.3) is 0 Å². The van der Waals surface area contributed by atoms with Crippen LogP contribution in [0.2, 0.25) is 0 Å². The zero-order valence-corrected chi connectivity index (χ0v) is 14.3. The molecule has 2 aromatic carbocycles. The molecule has 0 fully saturated rings. The highest BCUT2D eigenvalue weighted by atomic mass is 32.2. The number of nitrogens with one attached hydrogen (secondary N) is 2. The fourth-order valence-electron chi connectivity index (χ4n) is 1.96. The van der Waals surface area contributed by atoms with Gasteiger partial charge in [0.15, 0.2) is 0 Å². The summed E-state index contributed by atoms with van der Waals surface area (Å²) in [6, 6.07) is 8.97. The summed E-state index contributed by atoms with van der Waals surface area (Å²) in [6.07, 6.45) is -5.31. The molecule has 0 aliphatic heterocycles. The van der Waals surface area contributed by atoms with E-state index in [-0.39, 0.29) is 12.3 Å². The van der Waals surface area contributed by atoms with E-state index in [1.54, 1.807) is 6.92 Å². The number of hydrogen-bond acceptors (Lipinski definition) is 4. The van der Waals surface area contributed by atoms with E-state index < -0.39 is 32.8 Å². The molecule has 6 nitrogen and oxygen atoms in total. The van der Waals surface area contributed by atoms with E-state index in [1.807, 2.05) is 0 Å². The molecule has 0 saturated carbocycles. The van der Waals surface area contributed by atoms with Gasteiger partial charge in [0.2, 0.25) is 0 Å². The van der Waals surface area contributed by atoms with Crippen molar-refractivity contribution in [2.75, 3.05) is 16.6 Å². The monoisotopic (exact) mass is 388 g/mol. The van der Waals surface area contributed by atoms with E-state index in [4.69, 9.17) is 4.74 Å². The van der Waals surface area contributed by atoms with Gasteiger partial charge in [0, 0.05) is 11.4 Å². The number of anilines is 2. The van der Waals surface area contributed by atoms with Gasteiger partial charge in [0.25, 0.3) is 10.0 Å². The average Bonchev–Trinajstić information content (AvgIpc) is 2.56. The number of halogens is 3. The smallest absolute Gasteiger partial charge is 0.416 e. The lowest BCUT2D eigenvalue weighted by atomic mass is 10.2. The second kappa shape index (κ2) is 7.65. The Bertz CT molecular complexity index is 881. The summed E-state index contributed by atoms with van der Waals surface area (Å²) in [5.74, 6) is 0. The first-order valence-electron chi connectivity index (χ1n) is 7.36. The molecule has 1 amide bonds. The molecule has 10 heteroatoms. The van der Waals surface area contributed by atoms with Gasteiger partial charge < -0.3 is 4.74 Å². The molecular formula is C16H15F3N2O4S. The molecule has 0 bridgehead atoms. The van der Waals surface area contributed by atoms with E-state index >= 15 is 0 Å². The first kappa shape index (κ1) is 19.6. The number of rotatable bonds is 5. The highest BCUT2D eigenvalue weighted by Gasteiger charge is 2.31. The van der Waals surface area contributed by atoms with Crippen LogP contribution in [0.4, 0.5) is 29.3 Å². The van der Waals surface area contributed by atoms with Gasteiger partial charge in [-0.2, -0.15) is 13.2 Å². The summed E-state index contributed by atoms with van der Waals surface area (Å²) in [6.45, 7) is 1.84. The van der Waals surface area contributed by atoms with Crippen LogP contribution in [0.15, 0.2) is 53.4 Å². The van der Waals surface area contributed by atoms with Gasteiger partial charge in [0.1, 0.15) is 0 Å². The van der Waals surface area contributed by atoms with Crippen molar-refractivity contribution in [3.8, 4) is 0 Å². The molecule has 2 N–H and O–H groups in total. The molecule has 0 atom stereocenters. The number of carbonyl (C=O) groups is 1. The molecule has 0 radical (unpaired) electrons. The summed E-state index contributed by atoms with van der Waals surface area (Å²) < 4.78 is 69.6. The van der Waals surface area contributed by atoms with Crippen molar-refractivity contribution in [3.05, 3.63) is 54.1 Å². The second-order valence-electron chi connectivity index (χ2n) is 5.05. The summed E-state index contributed by atoms with van der Waals surface area (Å²) in [7, 11) is -4.20. The van der Waals surface area contributed by atoms with Crippen molar-refractivity contribution in [1.29, 1.82) is 0 Å².